The molecule has 0 unspecified atom stereocenters. The fraction of sp³-hybridized carbons (Fsp3) is 0.231. The summed E-state index contributed by atoms with van der Waals surface area (Å²) in [6, 6.07) is 6.99. The number of nitrogens with zero attached hydrogens (tertiary/aromatic N) is 3. The first-order valence-corrected chi connectivity index (χ1v) is 6.57. The van der Waals surface area contributed by atoms with Crippen LogP contribution in [-0.2, 0) is 0 Å². The predicted molar refractivity (Wildman–Crippen MR) is 75.1 cm³/mol. The highest BCUT2D eigenvalue weighted by molar-refractivity contribution is 7.09. The largest absolute Gasteiger partial charge is 0.297 e. The molecule has 2 rings (SSSR count). The molecule has 1 aromatic carbocycles. The lowest BCUT2D eigenvalue weighted by Crippen LogP contribution is -2.13. The van der Waals surface area contributed by atoms with Gasteiger partial charge in [0.05, 0.1) is 11.6 Å². The molecule has 0 atom stereocenters. The number of hydrogen-bond donors (Lipinski definition) is 1. The number of carbonyl (C=O) groups excluding carboxylic acids is 1. The van der Waals surface area contributed by atoms with E-state index in [-0.39, 0.29) is 5.91 Å². The average molecular weight is 274 g/mol. The van der Waals surface area contributed by atoms with Gasteiger partial charge in [-0.2, -0.15) is 9.64 Å². The Hall–Kier alpha value is -2.26. The second-order valence-corrected chi connectivity index (χ2v) is 4.12. The summed E-state index contributed by atoms with van der Waals surface area (Å²) in [5.74, 6) is -0.281. The van der Waals surface area contributed by atoms with Crippen molar-refractivity contribution >= 4 is 22.6 Å². The van der Waals surface area contributed by atoms with Gasteiger partial charge in [-0.25, -0.2) is 4.98 Å². The second-order valence-electron chi connectivity index (χ2n) is 3.34. The van der Waals surface area contributed by atoms with Gasteiger partial charge >= 0.3 is 0 Å². The summed E-state index contributed by atoms with van der Waals surface area (Å²) in [6.45, 7) is 5.82. The molecule has 1 amide bonds. The molecule has 0 bridgehead atoms. The smallest absolute Gasteiger partial charge is 0.257 e. The van der Waals surface area contributed by atoms with Gasteiger partial charge < -0.3 is 0 Å². The number of rotatable bonds is 2. The maximum Gasteiger partial charge on any atom is 0.257 e. The maximum absolute atomic E-state index is 11.9. The van der Waals surface area contributed by atoms with Gasteiger partial charge in [0.25, 0.3) is 5.91 Å². The van der Waals surface area contributed by atoms with Crippen LogP contribution in [0.1, 0.15) is 35.3 Å². The van der Waals surface area contributed by atoms with Crippen LogP contribution < -0.4 is 5.32 Å². The summed E-state index contributed by atoms with van der Waals surface area (Å²) in [5, 5.41) is 11.9. The van der Waals surface area contributed by atoms with Crippen LogP contribution >= 0.6 is 11.5 Å². The van der Waals surface area contributed by atoms with E-state index in [0.29, 0.717) is 16.3 Å². The fourth-order valence-electron chi connectivity index (χ4n) is 1.33. The van der Waals surface area contributed by atoms with Gasteiger partial charge in [-0.1, -0.05) is 19.9 Å². The SMILES string of the molecule is CC.Cc1ccc(C#N)cc1C(=O)Nc1ncns1. The Kier molecular flexibility index (Phi) is 5.64. The van der Waals surface area contributed by atoms with Gasteiger partial charge in [-0.15, -0.1) is 0 Å². The number of aryl methyl sites for hydroxylation is 1. The first-order chi connectivity index (χ1) is 9.20. The highest BCUT2D eigenvalue weighted by Crippen LogP contribution is 2.14. The van der Waals surface area contributed by atoms with Gasteiger partial charge in [-0.05, 0) is 24.6 Å². The Bertz CT molecular complexity index is 587. The molecule has 0 aliphatic rings. The van der Waals surface area contributed by atoms with Crippen LogP contribution in [0.15, 0.2) is 24.5 Å². The molecule has 5 nitrogen and oxygen atoms in total. The standard InChI is InChI=1S/C11H8N4OS.C2H6/c1-7-2-3-8(5-12)4-9(7)10(16)15-11-13-6-14-17-11;1-2/h2-4,6H,1H3,(H,13,14,15,16);1-2H3. The molecule has 0 fully saturated rings. The van der Waals surface area contributed by atoms with Crippen LogP contribution in [0.5, 0.6) is 0 Å². The summed E-state index contributed by atoms with van der Waals surface area (Å²) in [7, 11) is 0. The van der Waals surface area contributed by atoms with Crippen molar-refractivity contribution < 1.29 is 4.79 Å². The highest BCUT2D eigenvalue weighted by Gasteiger charge is 2.11. The van der Waals surface area contributed by atoms with E-state index in [2.05, 4.69) is 14.7 Å². The number of nitriles is 1. The van der Waals surface area contributed by atoms with E-state index in [1.807, 2.05) is 26.8 Å². The molecule has 1 N–H and O–H groups in total. The molecular formula is C13H14N4OS. The van der Waals surface area contributed by atoms with Crippen LogP contribution in [0.4, 0.5) is 5.13 Å². The van der Waals surface area contributed by atoms with Crippen LogP contribution in [0.3, 0.4) is 0 Å². The third kappa shape index (κ3) is 3.86. The minimum absolute atomic E-state index is 0.281. The molecule has 0 saturated carbocycles. The number of amides is 1. The third-order valence-corrected chi connectivity index (χ3v) is 2.77. The van der Waals surface area contributed by atoms with E-state index < -0.39 is 0 Å². The molecule has 0 spiro atoms. The summed E-state index contributed by atoms with van der Waals surface area (Å²) >= 11 is 1.10. The lowest BCUT2D eigenvalue weighted by atomic mass is 10.1. The Morgan fingerprint density at radius 2 is 2.16 bits per heavy atom. The first-order valence-electron chi connectivity index (χ1n) is 5.79. The Morgan fingerprint density at radius 1 is 1.42 bits per heavy atom. The Morgan fingerprint density at radius 3 is 2.74 bits per heavy atom. The summed E-state index contributed by atoms with van der Waals surface area (Å²) < 4.78 is 3.79. The zero-order chi connectivity index (χ0) is 14.3. The first kappa shape index (κ1) is 14.8. The van der Waals surface area contributed by atoms with Crippen molar-refractivity contribution in [2.75, 3.05) is 5.32 Å². The van der Waals surface area contributed by atoms with Crippen molar-refractivity contribution in [2.45, 2.75) is 20.8 Å². The minimum Gasteiger partial charge on any atom is -0.297 e. The number of benzene rings is 1. The minimum atomic E-state index is -0.281. The molecule has 0 aliphatic heterocycles. The lowest BCUT2D eigenvalue weighted by molar-refractivity contribution is 0.102. The van der Waals surface area contributed by atoms with Crippen molar-refractivity contribution in [3.8, 4) is 6.07 Å². The molecule has 2 aromatic rings. The van der Waals surface area contributed by atoms with E-state index in [4.69, 9.17) is 5.26 Å². The van der Waals surface area contributed by atoms with Crippen LogP contribution in [0, 0.1) is 18.3 Å². The number of hydrogen-bond acceptors (Lipinski definition) is 5. The van der Waals surface area contributed by atoms with Crippen molar-refractivity contribution in [1.82, 2.24) is 9.36 Å². The number of anilines is 1. The Balaban J connectivity index is 0.000000861. The van der Waals surface area contributed by atoms with E-state index in [0.717, 1.165) is 17.1 Å². The average Bonchev–Trinajstić information content (AvgIpc) is 2.94. The maximum atomic E-state index is 11.9. The molecule has 0 aliphatic carbocycles. The summed E-state index contributed by atoms with van der Waals surface area (Å²) in [5.41, 5.74) is 1.74. The lowest BCUT2D eigenvalue weighted by Gasteiger charge is -2.05. The third-order valence-electron chi connectivity index (χ3n) is 2.19. The quantitative estimate of drug-likeness (QED) is 0.913. The normalized spacial score (nSPS) is 8.95. The van der Waals surface area contributed by atoms with Gasteiger partial charge in [0.1, 0.15) is 6.33 Å². The van der Waals surface area contributed by atoms with Crippen molar-refractivity contribution in [3.63, 3.8) is 0 Å². The monoisotopic (exact) mass is 274 g/mol. The molecule has 1 heterocycles. The van der Waals surface area contributed by atoms with Gasteiger partial charge in [0.2, 0.25) is 5.13 Å². The summed E-state index contributed by atoms with van der Waals surface area (Å²) in [4.78, 5) is 15.8. The molecule has 0 saturated heterocycles. The van der Waals surface area contributed by atoms with Crippen molar-refractivity contribution in [2.24, 2.45) is 0 Å². The van der Waals surface area contributed by atoms with Crippen molar-refractivity contribution in [3.05, 3.63) is 41.2 Å². The fourth-order valence-corrected chi connectivity index (χ4v) is 1.76. The second kappa shape index (κ2) is 7.24. The van der Waals surface area contributed by atoms with Gasteiger partial charge in [-0.3, -0.25) is 10.1 Å². The molecule has 0 radical (unpaired) electrons. The van der Waals surface area contributed by atoms with E-state index in [1.54, 1.807) is 18.2 Å². The predicted octanol–water partition coefficient (Wildman–Crippen LogP) is 3.00. The number of nitrogens with one attached hydrogen (secondary N) is 1. The highest BCUT2D eigenvalue weighted by atomic mass is 32.1. The molecule has 1 aromatic heterocycles. The summed E-state index contributed by atoms with van der Waals surface area (Å²) in [6.07, 6.45) is 1.37. The van der Waals surface area contributed by atoms with Gasteiger partial charge in [0, 0.05) is 17.1 Å². The van der Waals surface area contributed by atoms with E-state index in [9.17, 15) is 4.79 Å². The van der Waals surface area contributed by atoms with Crippen molar-refractivity contribution in [1.29, 1.82) is 5.26 Å². The van der Waals surface area contributed by atoms with Crippen LogP contribution in [0.25, 0.3) is 0 Å². The molecular weight excluding hydrogens is 260 g/mol. The van der Waals surface area contributed by atoms with E-state index in [1.165, 1.54) is 6.33 Å². The number of aromatic nitrogens is 2. The zero-order valence-corrected chi connectivity index (χ0v) is 11.8. The molecule has 6 heteroatoms. The molecule has 98 valence electrons. The van der Waals surface area contributed by atoms with Crippen LogP contribution in [0.2, 0.25) is 0 Å². The van der Waals surface area contributed by atoms with E-state index >= 15 is 0 Å². The molecule has 19 heavy (non-hydrogen) atoms. The number of carbonyl (C=O) groups is 1. The topological polar surface area (TPSA) is 78.7 Å². The Labute approximate surface area is 116 Å². The zero-order valence-electron chi connectivity index (χ0n) is 11.0. The van der Waals surface area contributed by atoms with Crippen LogP contribution in [-0.4, -0.2) is 15.3 Å². The van der Waals surface area contributed by atoms with Gasteiger partial charge in [0.15, 0.2) is 0 Å².